The number of aliphatic hydroxyl groups is 1. The minimum absolute atomic E-state index is 0.113. The summed E-state index contributed by atoms with van der Waals surface area (Å²) in [5.74, 6) is 0. The number of morpholine rings is 1. The van der Waals surface area contributed by atoms with Crippen LogP contribution in [0, 0.1) is 11.3 Å². The summed E-state index contributed by atoms with van der Waals surface area (Å²) in [5, 5.41) is 18.0. The molecule has 1 aromatic rings. The van der Waals surface area contributed by atoms with E-state index in [1.54, 1.807) is 13.8 Å². The van der Waals surface area contributed by atoms with Crippen molar-refractivity contribution >= 4 is 10.0 Å². The van der Waals surface area contributed by atoms with Crippen molar-refractivity contribution in [3.05, 3.63) is 29.8 Å². The quantitative estimate of drug-likeness (QED) is 0.888. The Hall–Kier alpha value is -1.46. The highest BCUT2D eigenvalue weighted by Crippen LogP contribution is 2.26. The molecule has 0 saturated carbocycles. The topological polar surface area (TPSA) is 90.6 Å². The molecule has 7 heteroatoms. The average molecular weight is 310 g/mol. The lowest BCUT2D eigenvalue weighted by Gasteiger charge is -2.41. The predicted octanol–water partition coefficient (Wildman–Crippen LogP) is 0.719. The van der Waals surface area contributed by atoms with Crippen molar-refractivity contribution in [2.75, 3.05) is 19.7 Å². The molecule has 2 rings (SSSR count). The van der Waals surface area contributed by atoms with Gasteiger partial charge in [0.2, 0.25) is 10.0 Å². The monoisotopic (exact) mass is 310 g/mol. The van der Waals surface area contributed by atoms with E-state index in [2.05, 4.69) is 0 Å². The molecule has 1 aromatic carbocycles. The molecule has 1 N–H and O–H groups in total. The zero-order valence-electron chi connectivity index (χ0n) is 12.0. The van der Waals surface area contributed by atoms with Gasteiger partial charge in [-0.25, -0.2) is 8.42 Å². The summed E-state index contributed by atoms with van der Waals surface area (Å²) < 4.78 is 32.2. The number of nitriles is 1. The number of nitrogens with zero attached hydrogens (tertiary/aromatic N) is 2. The molecule has 114 valence electrons. The first kappa shape index (κ1) is 15.9. The fourth-order valence-electron chi connectivity index (χ4n) is 2.37. The summed E-state index contributed by atoms with van der Waals surface area (Å²) in [7, 11) is -3.67. The first-order chi connectivity index (χ1) is 9.78. The number of rotatable bonds is 3. The molecule has 21 heavy (non-hydrogen) atoms. The van der Waals surface area contributed by atoms with Crippen LogP contribution in [0.5, 0.6) is 0 Å². The van der Waals surface area contributed by atoms with Crippen molar-refractivity contribution in [1.82, 2.24) is 4.31 Å². The van der Waals surface area contributed by atoms with E-state index in [0.717, 1.165) is 0 Å². The van der Waals surface area contributed by atoms with Gasteiger partial charge in [0.1, 0.15) is 0 Å². The number of sulfonamides is 1. The summed E-state index contributed by atoms with van der Waals surface area (Å²) in [6.07, 6.45) is -0.540. The number of hydrogen-bond acceptors (Lipinski definition) is 5. The molecule has 1 unspecified atom stereocenters. The van der Waals surface area contributed by atoms with Crippen molar-refractivity contribution in [3.8, 4) is 6.07 Å². The Labute approximate surface area is 124 Å². The predicted molar refractivity (Wildman–Crippen MR) is 76.0 cm³/mol. The smallest absolute Gasteiger partial charge is 0.243 e. The van der Waals surface area contributed by atoms with Gasteiger partial charge in [0.05, 0.1) is 34.8 Å². The molecule has 0 aromatic heterocycles. The lowest BCUT2D eigenvalue weighted by atomic mass is 10.1. The van der Waals surface area contributed by atoms with Crippen LogP contribution in [0.25, 0.3) is 0 Å². The first-order valence-corrected chi connectivity index (χ1v) is 8.01. The number of aliphatic hydroxyl groups excluding tert-OH is 1. The molecule has 0 amide bonds. The Bertz CT molecular complexity index is 647. The van der Waals surface area contributed by atoms with Gasteiger partial charge in [-0.05, 0) is 38.1 Å². The maximum atomic E-state index is 12.6. The fraction of sp³-hybridized carbons (Fsp3) is 0.500. The van der Waals surface area contributed by atoms with Gasteiger partial charge in [0, 0.05) is 13.1 Å². The van der Waals surface area contributed by atoms with E-state index in [1.165, 1.54) is 28.6 Å². The molecule has 0 spiro atoms. The summed E-state index contributed by atoms with van der Waals surface area (Å²) in [6, 6.07) is 7.74. The standard InChI is InChI=1S/C14H18N2O4S/c1-14(2)10-16(8-12(9-17)20-14)21(18,19)13-5-3-11(7-15)4-6-13/h3-6,12,17H,8-10H2,1-2H3. The number of benzene rings is 1. The van der Waals surface area contributed by atoms with E-state index in [-0.39, 0.29) is 24.6 Å². The Morgan fingerprint density at radius 1 is 1.43 bits per heavy atom. The summed E-state index contributed by atoms with van der Waals surface area (Å²) >= 11 is 0. The van der Waals surface area contributed by atoms with Gasteiger partial charge < -0.3 is 9.84 Å². The van der Waals surface area contributed by atoms with Crippen molar-refractivity contribution < 1.29 is 18.3 Å². The second-order valence-electron chi connectivity index (χ2n) is 5.62. The molecule has 1 aliphatic rings. The molecule has 0 aliphatic carbocycles. The zero-order valence-corrected chi connectivity index (χ0v) is 12.8. The van der Waals surface area contributed by atoms with Crippen LogP contribution in [0.4, 0.5) is 0 Å². The second kappa shape index (κ2) is 5.73. The van der Waals surface area contributed by atoms with E-state index < -0.39 is 21.7 Å². The molecule has 1 heterocycles. The van der Waals surface area contributed by atoms with Crippen molar-refractivity contribution in [2.24, 2.45) is 0 Å². The van der Waals surface area contributed by atoms with Crippen LogP contribution in [0.2, 0.25) is 0 Å². The van der Waals surface area contributed by atoms with Gasteiger partial charge >= 0.3 is 0 Å². The highest BCUT2D eigenvalue weighted by Gasteiger charge is 2.39. The maximum Gasteiger partial charge on any atom is 0.243 e. The van der Waals surface area contributed by atoms with Crippen molar-refractivity contribution in [2.45, 2.75) is 30.4 Å². The molecule has 1 fully saturated rings. The Morgan fingerprint density at radius 2 is 2.05 bits per heavy atom. The van der Waals surface area contributed by atoms with Gasteiger partial charge in [0.25, 0.3) is 0 Å². The van der Waals surface area contributed by atoms with Crippen LogP contribution in [0.1, 0.15) is 19.4 Å². The van der Waals surface area contributed by atoms with E-state index >= 15 is 0 Å². The molecule has 0 radical (unpaired) electrons. The van der Waals surface area contributed by atoms with Crippen LogP contribution < -0.4 is 0 Å². The van der Waals surface area contributed by atoms with E-state index in [1.807, 2.05) is 6.07 Å². The number of ether oxygens (including phenoxy) is 1. The highest BCUT2D eigenvalue weighted by atomic mass is 32.2. The van der Waals surface area contributed by atoms with Crippen molar-refractivity contribution in [3.63, 3.8) is 0 Å². The molecular formula is C14H18N2O4S. The number of hydrogen-bond donors (Lipinski definition) is 1. The van der Waals surface area contributed by atoms with Crippen LogP contribution >= 0.6 is 0 Å². The van der Waals surface area contributed by atoms with E-state index in [4.69, 9.17) is 10.00 Å². The van der Waals surface area contributed by atoms with Crippen LogP contribution in [0.15, 0.2) is 29.2 Å². The van der Waals surface area contributed by atoms with E-state index in [0.29, 0.717) is 5.56 Å². The lowest BCUT2D eigenvalue weighted by molar-refractivity contribution is -0.131. The van der Waals surface area contributed by atoms with Crippen LogP contribution in [0.3, 0.4) is 0 Å². The molecule has 0 bridgehead atoms. The third kappa shape index (κ3) is 3.41. The Morgan fingerprint density at radius 3 is 2.57 bits per heavy atom. The van der Waals surface area contributed by atoms with Gasteiger partial charge in [0.15, 0.2) is 0 Å². The van der Waals surface area contributed by atoms with E-state index in [9.17, 15) is 13.5 Å². The van der Waals surface area contributed by atoms with Crippen molar-refractivity contribution in [1.29, 1.82) is 5.26 Å². The van der Waals surface area contributed by atoms with Gasteiger partial charge in [-0.1, -0.05) is 0 Å². The highest BCUT2D eigenvalue weighted by molar-refractivity contribution is 7.89. The van der Waals surface area contributed by atoms with Gasteiger partial charge in [-0.15, -0.1) is 0 Å². The first-order valence-electron chi connectivity index (χ1n) is 6.57. The summed E-state index contributed by atoms with van der Waals surface area (Å²) in [6.45, 7) is 3.67. The summed E-state index contributed by atoms with van der Waals surface area (Å²) in [5.41, 5.74) is -0.254. The minimum atomic E-state index is -3.67. The maximum absolute atomic E-state index is 12.6. The molecule has 1 atom stereocenters. The average Bonchev–Trinajstić information content (AvgIpc) is 2.45. The molecular weight excluding hydrogens is 292 g/mol. The van der Waals surface area contributed by atoms with Gasteiger partial charge in [-0.2, -0.15) is 9.57 Å². The van der Waals surface area contributed by atoms with Crippen LogP contribution in [-0.2, 0) is 14.8 Å². The molecule has 1 saturated heterocycles. The normalized spacial score (nSPS) is 22.7. The fourth-order valence-corrected chi connectivity index (χ4v) is 3.99. The SMILES string of the molecule is CC1(C)CN(S(=O)(=O)c2ccc(C#N)cc2)CC(CO)O1. The Kier molecular flexibility index (Phi) is 4.35. The largest absolute Gasteiger partial charge is 0.394 e. The second-order valence-corrected chi connectivity index (χ2v) is 7.55. The minimum Gasteiger partial charge on any atom is -0.394 e. The third-order valence-corrected chi connectivity index (χ3v) is 5.10. The summed E-state index contributed by atoms with van der Waals surface area (Å²) in [4.78, 5) is 0.135. The van der Waals surface area contributed by atoms with Gasteiger partial charge in [-0.3, -0.25) is 0 Å². The third-order valence-electron chi connectivity index (χ3n) is 3.27. The zero-order chi connectivity index (χ0) is 15.7. The molecule has 6 nitrogen and oxygen atoms in total. The lowest BCUT2D eigenvalue weighted by Crippen LogP contribution is -2.55. The van der Waals surface area contributed by atoms with Crippen LogP contribution in [-0.4, -0.2) is 49.2 Å². The molecule has 1 aliphatic heterocycles. The Balaban J connectivity index is 2.31.